The van der Waals surface area contributed by atoms with E-state index in [4.69, 9.17) is 5.73 Å². The Morgan fingerprint density at radius 1 is 0.895 bits per heavy atom. The standard InChI is InChI=1S/C29H39N7O2/c1-33-12-14-34(15-13-33)26-18-25(31-29(30)32-26)23-5-2-21-8-11-36(19-24(21)17-23)27(37)16-20-6-9-35(10-7-20)28(38)22-3-4-22/h2,5,17-18,20,22H,3-4,6-16,19H2,1H3,(H2,30,31,32). The summed E-state index contributed by atoms with van der Waals surface area (Å²) >= 11 is 0. The zero-order valence-electron chi connectivity index (χ0n) is 22.4. The number of nitrogens with two attached hydrogens (primary N) is 1. The van der Waals surface area contributed by atoms with Crippen LogP contribution in [0.25, 0.3) is 11.3 Å². The summed E-state index contributed by atoms with van der Waals surface area (Å²) in [4.78, 5) is 43.3. The Morgan fingerprint density at radius 2 is 1.66 bits per heavy atom. The van der Waals surface area contributed by atoms with E-state index in [2.05, 4.69) is 45.0 Å². The molecule has 9 heteroatoms. The number of carbonyl (C=O) groups is 2. The first kappa shape index (κ1) is 25.1. The van der Waals surface area contributed by atoms with Crippen molar-refractivity contribution in [2.75, 3.05) is 63.5 Å². The van der Waals surface area contributed by atoms with Crippen molar-refractivity contribution in [3.63, 3.8) is 0 Å². The molecule has 9 nitrogen and oxygen atoms in total. The molecule has 1 aromatic heterocycles. The van der Waals surface area contributed by atoms with Crippen LogP contribution < -0.4 is 10.6 Å². The summed E-state index contributed by atoms with van der Waals surface area (Å²) in [7, 11) is 2.14. The number of anilines is 2. The summed E-state index contributed by atoms with van der Waals surface area (Å²) in [6.07, 6.45) is 5.42. The van der Waals surface area contributed by atoms with E-state index in [9.17, 15) is 9.59 Å². The van der Waals surface area contributed by atoms with Crippen LogP contribution in [0, 0.1) is 11.8 Å². The average Bonchev–Trinajstić information content (AvgIpc) is 3.78. The number of piperidine rings is 1. The normalized spacial score (nSPS) is 20.9. The third kappa shape index (κ3) is 5.48. The van der Waals surface area contributed by atoms with Gasteiger partial charge in [-0.25, -0.2) is 4.98 Å². The number of fused-ring (bicyclic) bond motifs is 1. The number of rotatable bonds is 5. The number of aromatic nitrogens is 2. The number of hydrogen-bond acceptors (Lipinski definition) is 7. The van der Waals surface area contributed by atoms with Gasteiger partial charge in [0, 0.05) is 76.3 Å². The van der Waals surface area contributed by atoms with Crippen molar-refractivity contribution in [3.8, 4) is 11.3 Å². The molecule has 0 spiro atoms. The van der Waals surface area contributed by atoms with E-state index in [0.717, 1.165) is 95.0 Å². The molecule has 6 rings (SSSR count). The summed E-state index contributed by atoms with van der Waals surface area (Å²) in [5, 5.41) is 0. The summed E-state index contributed by atoms with van der Waals surface area (Å²) in [5.41, 5.74) is 10.4. The largest absolute Gasteiger partial charge is 0.368 e. The van der Waals surface area contributed by atoms with Crippen molar-refractivity contribution in [2.45, 2.75) is 45.1 Å². The molecule has 0 atom stereocenters. The van der Waals surface area contributed by atoms with Crippen molar-refractivity contribution in [1.82, 2.24) is 24.7 Å². The highest BCUT2D eigenvalue weighted by Crippen LogP contribution is 2.33. The molecule has 0 bridgehead atoms. The second-order valence-electron chi connectivity index (χ2n) is 11.6. The first-order chi connectivity index (χ1) is 18.4. The van der Waals surface area contributed by atoms with Gasteiger partial charge in [-0.2, -0.15) is 4.98 Å². The van der Waals surface area contributed by atoms with Crippen LogP contribution in [-0.2, 0) is 22.6 Å². The predicted molar refractivity (Wildman–Crippen MR) is 147 cm³/mol. The van der Waals surface area contributed by atoms with Crippen LogP contribution in [0.15, 0.2) is 24.3 Å². The molecule has 0 unspecified atom stereocenters. The Morgan fingerprint density at radius 3 is 2.39 bits per heavy atom. The molecule has 2 saturated heterocycles. The first-order valence-electron chi connectivity index (χ1n) is 14.2. The minimum Gasteiger partial charge on any atom is -0.368 e. The highest BCUT2D eigenvalue weighted by atomic mass is 16.2. The average molecular weight is 518 g/mol. The zero-order chi connectivity index (χ0) is 26.2. The van der Waals surface area contributed by atoms with Crippen molar-refractivity contribution in [3.05, 3.63) is 35.4 Å². The second kappa shape index (κ2) is 10.5. The molecule has 1 aromatic carbocycles. The lowest BCUT2D eigenvalue weighted by molar-refractivity contribution is -0.135. The third-order valence-electron chi connectivity index (χ3n) is 8.74. The van der Waals surface area contributed by atoms with Crippen LogP contribution in [0.5, 0.6) is 0 Å². The topological polar surface area (TPSA) is 98.9 Å². The maximum Gasteiger partial charge on any atom is 0.225 e. The number of benzene rings is 1. The number of hydrogen-bond donors (Lipinski definition) is 1. The van der Waals surface area contributed by atoms with Crippen molar-refractivity contribution in [1.29, 1.82) is 0 Å². The number of likely N-dealkylation sites (N-methyl/N-ethyl adjacent to an activating group) is 1. The van der Waals surface area contributed by atoms with Crippen molar-refractivity contribution < 1.29 is 9.59 Å². The molecule has 3 fully saturated rings. The van der Waals surface area contributed by atoms with Crippen LogP contribution in [0.3, 0.4) is 0 Å². The highest BCUT2D eigenvalue weighted by Gasteiger charge is 2.35. The zero-order valence-corrected chi connectivity index (χ0v) is 22.4. The molecule has 1 aliphatic carbocycles. The Labute approximate surface area is 225 Å². The van der Waals surface area contributed by atoms with Gasteiger partial charge in [0.05, 0.1) is 5.69 Å². The minimum absolute atomic E-state index is 0.233. The van der Waals surface area contributed by atoms with E-state index < -0.39 is 0 Å². The number of piperazine rings is 1. The van der Waals surface area contributed by atoms with Crippen molar-refractivity contribution >= 4 is 23.6 Å². The smallest absolute Gasteiger partial charge is 0.225 e. The SMILES string of the molecule is CN1CCN(c2cc(-c3ccc4c(c3)CN(C(=O)CC3CCN(C(=O)C5CC5)CC3)CC4)nc(N)n2)CC1. The fourth-order valence-corrected chi connectivity index (χ4v) is 6.05. The Kier molecular flexibility index (Phi) is 6.95. The van der Waals surface area contributed by atoms with E-state index >= 15 is 0 Å². The predicted octanol–water partition coefficient (Wildman–Crippen LogP) is 2.40. The number of nitrogens with zero attached hydrogens (tertiary/aromatic N) is 6. The van der Waals surface area contributed by atoms with Gasteiger partial charge in [0.2, 0.25) is 17.8 Å². The highest BCUT2D eigenvalue weighted by molar-refractivity contribution is 5.81. The number of nitrogen functional groups attached to an aromatic ring is 1. The Bertz CT molecular complexity index is 1200. The molecule has 4 aliphatic rings. The van der Waals surface area contributed by atoms with Gasteiger partial charge in [0.15, 0.2) is 0 Å². The van der Waals surface area contributed by atoms with E-state index in [1.165, 1.54) is 11.1 Å². The molecule has 2 aromatic rings. The third-order valence-corrected chi connectivity index (χ3v) is 8.74. The molecule has 1 saturated carbocycles. The Hall–Kier alpha value is -3.20. The monoisotopic (exact) mass is 517 g/mol. The maximum atomic E-state index is 13.3. The Balaban J connectivity index is 1.10. The van der Waals surface area contributed by atoms with E-state index in [-0.39, 0.29) is 17.8 Å². The van der Waals surface area contributed by atoms with Crippen molar-refractivity contribution in [2.24, 2.45) is 11.8 Å². The van der Waals surface area contributed by atoms with E-state index in [1.807, 2.05) is 15.9 Å². The van der Waals surface area contributed by atoms with Gasteiger partial charge >= 0.3 is 0 Å². The first-order valence-corrected chi connectivity index (χ1v) is 14.2. The van der Waals surface area contributed by atoms with Gasteiger partial charge in [-0.1, -0.05) is 12.1 Å². The molecular weight excluding hydrogens is 478 g/mol. The molecule has 3 aliphatic heterocycles. The van der Waals surface area contributed by atoms with Gasteiger partial charge in [0.1, 0.15) is 5.82 Å². The maximum absolute atomic E-state index is 13.3. The molecule has 202 valence electrons. The summed E-state index contributed by atoms with van der Waals surface area (Å²) < 4.78 is 0. The molecule has 2 amide bonds. The minimum atomic E-state index is 0.233. The van der Waals surface area contributed by atoms with E-state index in [1.54, 1.807) is 0 Å². The van der Waals surface area contributed by atoms with Gasteiger partial charge in [-0.15, -0.1) is 0 Å². The number of amides is 2. The van der Waals surface area contributed by atoms with Crippen LogP contribution in [0.2, 0.25) is 0 Å². The van der Waals surface area contributed by atoms with Crippen LogP contribution in [-0.4, -0.2) is 89.3 Å². The van der Waals surface area contributed by atoms with Gasteiger partial charge in [0.25, 0.3) is 0 Å². The molecule has 0 radical (unpaired) electrons. The fraction of sp³-hybridized carbons (Fsp3) is 0.586. The lowest BCUT2D eigenvalue weighted by Gasteiger charge is -2.34. The number of likely N-dealkylation sites (tertiary alicyclic amines) is 1. The molecular formula is C29H39N7O2. The lowest BCUT2D eigenvalue weighted by atomic mass is 9.91. The van der Waals surface area contributed by atoms with Gasteiger partial charge < -0.3 is 25.3 Å². The van der Waals surface area contributed by atoms with Gasteiger partial charge in [-0.3, -0.25) is 9.59 Å². The fourth-order valence-electron chi connectivity index (χ4n) is 6.05. The summed E-state index contributed by atoms with van der Waals surface area (Å²) in [6.45, 7) is 6.84. The van der Waals surface area contributed by atoms with Crippen LogP contribution >= 0.6 is 0 Å². The van der Waals surface area contributed by atoms with Crippen LogP contribution in [0.1, 0.15) is 43.2 Å². The molecule has 38 heavy (non-hydrogen) atoms. The summed E-state index contributed by atoms with van der Waals surface area (Å²) in [6, 6.07) is 8.50. The summed E-state index contributed by atoms with van der Waals surface area (Å²) in [5.74, 6) is 2.38. The van der Waals surface area contributed by atoms with Crippen LogP contribution in [0.4, 0.5) is 11.8 Å². The quantitative estimate of drug-likeness (QED) is 0.650. The van der Waals surface area contributed by atoms with Gasteiger partial charge in [-0.05, 0) is 62.3 Å². The molecule has 2 N–H and O–H groups in total. The lowest BCUT2D eigenvalue weighted by Crippen LogP contribution is -2.44. The van der Waals surface area contributed by atoms with E-state index in [0.29, 0.717) is 24.8 Å². The number of carbonyl (C=O) groups excluding carboxylic acids is 2. The molecule has 4 heterocycles. The second-order valence-corrected chi connectivity index (χ2v) is 11.6.